The van der Waals surface area contributed by atoms with E-state index < -0.39 is 22.2 Å². The van der Waals surface area contributed by atoms with Crippen molar-refractivity contribution in [3.05, 3.63) is 42.6 Å². The summed E-state index contributed by atoms with van der Waals surface area (Å²) in [6.45, 7) is 3.07. The highest BCUT2D eigenvalue weighted by Crippen LogP contribution is 2.36. The van der Waals surface area contributed by atoms with Crippen LogP contribution >= 0.6 is 0 Å². The van der Waals surface area contributed by atoms with E-state index >= 15 is 0 Å². The molecule has 2 N–H and O–H groups in total. The molecule has 10 nitrogen and oxygen atoms in total. The Morgan fingerprint density at radius 2 is 1.89 bits per heavy atom. The summed E-state index contributed by atoms with van der Waals surface area (Å²) in [6, 6.07) is 10.7. The van der Waals surface area contributed by atoms with Crippen LogP contribution < -0.4 is 4.90 Å². The van der Waals surface area contributed by atoms with E-state index in [0.717, 1.165) is 16.6 Å². The van der Waals surface area contributed by atoms with Gasteiger partial charge in [0.15, 0.2) is 0 Å². The number of ether oxygens (including phenoxy) is 1. The van der Waals surface area contributed by atoms with Gasteiger partial charge in [0.05, 0.1) is 25.0 Å². The van der Waals surface area contributed by atoms with Gasteiger partial charge in [0.1, 0.15) is 16.8 Å². The molecular formula is C24H27N5O5S. The van der Waals surface area contributed by atoms with E-state index in [9.17, 15) is 18.3 Å². The van der Waals surface area contributed by atoms with Crippen LogP contribution in [0, 0.1) is 0 Å². The van der Waals surface area contributed by atoms with Crippen LogP contribution in [0.2, 0.25) is 0 Å². The van der Waals surface area contributed by atoms with E-state index in [1.807, 2.05) is 35.2 Å². The van der Waals surface area contributed by atoms with Crippen LogP contribution in [0.1, 0.15) is 6.42 Å². The first kappa shape index (κ1) is 22.5. The molecule has 3 aliphatic rings. The molecule has 3 aliphatic heterocycles. The van der Waals surface area contributed by atoms with E-state index in [2.05, 4.69) is 9.97 Å². The van der Waals surface area contributed by atoms with Crippen molar-refractivity contribution >= 4 is 32.7 Å². The number of β-amino-alcohol motifs (C(OH)–C–C–N with tert-alkyl or cyclic N) is 1. The Morgan fingerprint density at radius 1 is 1.11 bits per heavy atom. The summed E-state index contributed by atoms with van der Waals surface area (Å²) >= 11 is 0. The zero-order valence-electron chi connectivity index (χ0n) is 19.1. The number of morpholine rings is 1. The second-order valence-corrected chi connectivity index (χ2v) is 11.1. The van der Waals surface area contributed by atoms with Gasteiger partial charge in [-0.2, -0.15) is 4.31 Å². The first-order valence-corrected chi connectivity index (χ1v) is 13.3. The summed E-state index contributed by atoms with van der Waals surface area (Å²) in [5, 5.41) is 10.8. The molecule has 1 amide bonds. The highest BCUT2D eigenvalue weighted by molar-refractivity contribution is 7.89. The van der Waals surface area contributed by atoms with Gasteiger partial charge in [-0.25, -0.2) is 13.4 Å². The lowest BCUT2D eigenvalue weighted by Crippen LogP contribution is -2.60. The molecule has 0 aliphatic carbocycles. The van der Waals surface area contributed by atoms with Crippen LogP contribution in [0.25, 0.3) is 22.2 Å². The number of sulfonamides is 1. The maximum absolute atomic E-state index is 13.6. The number of anilines is 1. The molecule has 0 unspecified atom stereocenters. The largest absolute Gasteiger partial charge is 0.389 e. The van der Waals surface area contributed by atoms with Crippen LogP contribution in [0.3, 0.4) is 0 Å². The van der Waals surface area contributed by atoms with Crippen LogP contribution in [-0.2, 0) is 19.6 Å². The number of rotatable bonds is 5. The summed E-state index contributed by atoms with van der Waals surface area (Å²) in [6.07, 6.45) is 1.43. The van der Waals surface area contributed by atoms with Gasteiger partial charge in [-0.1, -0.05) is 18.2 Å². The summed E-state index contributed by atoms with van der Waals surface area (Å²) in [7, 11) is -3.93. The molecule has 184 valence electrons. The number of hydrogen-bond acceptors (Lipinski definition) is 7. The van der Waals surface area contributed by atoms with Crippen LogP contribution in [0.4, 0.5) is 5.82 Å². The number of benzene rings is 1. The van der Waals surface area contributed by atoms with E-state index in [4.69, 9.17) is 4.74 Å². The monoisotopic (exact) mass is 497 g/mol. The number of aromatic nitrogens is 2. The van der Waals surface area contributed by atoms with Gasteiger partial charge in [0, 0.05) is 55.4 Å². The minimum Gasteiger partial charge on any atom is -0.389 e. The molecule has 2 aromatic heterocycles. The van der Waals surface area contributed by atoms with Gasteiger partial charge in [0.25, 0.3) is 0 Å². The summed E-state index contributed by atoms with van der Waals surface area (Å²) in [4.78, 5) is 24.5. The van der Waals surface area contributed by atoms with E-state index in [1.54, 1.807) is 11.0 Å². The van der Waals surface area contributed by atoms with Crippen molar-refractivity contribution < 1.29 is 23.1 Å². The number of aliphatic hydroxyl groups is 1. The fraction of sp³-hybridized carbons (Fsp3) is 0.417. The molecule has 3 aromatic rings. The van der Waals surface area contributed by atoms with Gasteiger partial charge in [-0.05, 0) is 24.6 Å². The average Bonchev–Trinajstić information content (AvgIpc) is 3.25. The number of aliphatic hydroxyl groups excluding tert-OH is 1. The zero-order valence-corrected chi connectivity index (χ0v) is 19.9. The minimum absolute atomic E-state index is 0.0513. The predicted octanol–water partition coefficient (Wildman–Crippen LogP) is 1.03. The number of aromatic amines is 1. The molecule has 0 spiro atoms. The Morgan fingerprint density at radius 3 is 2.57 bits per heavy atom. The van der Waals surface area contributed by atoms with Gasteiger partial charge in [-0.3, -0.25) is 4.79 Å². The Labute approximate surface area is 203 Å². The first-order chi connectivity index (χ1) is 16.9. The maximum atomic E-state index is 13.6. The molecule has 6 rings (SSSR count). The van der Waals surface area contributed by atoms with Crippen LogP contribution in [0.15, 0.2) is 47.5 Å². The Hall–Kier alpha value is -2.99. The van der Waals surface area contributed by atoms with Crippen molar-refractivity contribution in [3.8, 4) is 11.3 Å². The number of fused-ring (bicyclic) bond motifs is 1. The number of amides is 1. The third-order valence-corrected chi connectivity index (χ3v) is 8.88. The Bertz CT molecular complexity index is 1340. The van der Waals surface area contributed by atoms with Crippen molar-refractivity contribution in [1.29, 1.82) is 0 Å². The van der Waals surface area contributed by atoms with Crippen molar-refractivity contribution in [2.24, 2.45) is 0 Å². The van der Waals surface area contributed by atoms with Crippen LogP contribution in [0.5, 0.6) is 0 Å². The van der Waals surface area contributed by atoms with E-state index in [1.165, 1.54) is 10.5 Å². The van der Waals surface area contributed by atoms with E-state index in [0.29, 0.717) is 63.7 Å². The van der Waals surface area contributed by atoms with Crippen molar-refractivity contribution in [1.82, 2.24) is 19.2 Å². The number of hydrogen-bond donors (Lipinski definition) is 2. The quantitative estimate of drug-likeness (QED) is 0.541. The molecule has 0 saturated carbocycles. The molecular weight excluding hydrogens is 470 g/mol. The average molecular weight is 498 g/mol. The minimum atomic E-state index is -3.93. The normalized spacial score (nSPS) is 21.7. The number of nitrogens with zero attached hydrogens (tertiary/aromatic N) is 4. The number of H-pyrrole nitrogens is 1. The third-order valence-electron chi connectivity index (χ3n) is 7.01. The third kappa shape index (κ3) is 3.88. The molecule has 0 radical (unpaired) electrons. The molecule has 1 atom stereocenters. The number of nitrogens with one attached hydrogen (secondary N) is 1. The Kier molecular flexibility index (Phi) is 5.52. The fourth-order valence-corrected chi connectivity index (χ4v) is 6.50. The molecule has 3 saturated heterocycles. The molecule has 1 aromatic carbocycles. The fourth-order valence-electron chi connectivity index (χ4n) is 4.90. The lowest BCUT2D eigenvalue weighted by Gasteiger charge is -2.42. The topological polar surface area (TPSA) is 119 Å². The van der Waals surface area contributed by atoms with Gasteiger partial charge < -0.3 is 24.6 Å². The van der Waals surface area contributed by atoms with Crippen molar-refractivity contribution in [2.45, 2.75) is 23.5 Å². The predicted molar refractivity (Wildman–Crippen MR) is 129 cm³/mol. The zero-order chi connectivity index (χ0) is 24.2. The SMILES string of the molecule is O=C([C@@H]1CCN1S(=O)(=O)c1cnc(N2CC(O)C2)c(-c2cc3ccccc3[nH]2)c1)N1CCOCC1. The number of carbonyl (C=O) groups excluding carboxylic acids is 1. The van der Waals surface area contributed by atoms with Crippen LogP contribution in [-0.4, -0.2) is 96.7 Å². The summed E-state index contributed by atoms with van der Waals surface area (Å²) in [5.74, 6) is 0.448. The number of pyridine rings is 1. The maximum Gasteiger partial charge on any atom is 0.245 e. The molecule has 0 bridgehead atoms. The van der Waals surface area contributed by atoms with Gasteiger partial charge in [-0.15, -0.1) is 0 Å². The number of carbonyl (C=O) groups is 1. The molecule has 35 heavy (non-hydrogen) atoms. The second kappa shape index (κ2) is 8.59. The first-order valence-electron chi connectivity index (χ1n) is 11.8. The summed E-state index contributed by atoms with van der Waals surface area (Å²) < 4.78 is 33.8. The summed E-state index contributed by atoms with van der Waals surface area (Å²) in [5.41, 5.74) is 2.33. The van der Waals surface area contributed by atoms with Gasteiger partial charge in [0.2, 0.25) is 15.9 Å². The smallest absolute Gasteiger partial charge is 0.245 e. The van der Waals surface area contributed by atoms with Crippen molar-refractivity contribution in [3.63, 3.8) is 0 Å². The van der Waals surface area contributed by atoms with Gasteiger partial charge >= 0.3 is 0 Å². The molecule has 5 heterocycles. The molecule has 3 fully saturated rings. The molecule has 11 heteroatoms. The standard InChI is InChI=1S/C24H27N5O5S/c30-17-14-28(15-17)23-19(21-11-16-3-1-2-4-20(16)26-21)12-18(13-25-23)35(32,33)29-6-5-22(29)24(31)27-7-9-34-10-8-27/h1-4,11-13,17,22,26,30H,5-10,14-15H2/t22-/m0/s1. The Balaban J connectivity index is 1.35. The highest BCUT2D eigenvalue weighted by atomic mass is 32.2. The lowest BCUT2D eigenvalue weighted by atomic mass is 10.1. The highest BCUT2D eigenvalue weighted by Gasteiger charge is 2.45. The number of para-hydroxylation sites is 1. The lowest BCUT2D eigenvalue weighted by molar-refractivity contribution is -0.142. The van der Waals surface area contributed by atoms with E-state index in [-0.39, 0.29) is 10.8 Å². The second-order valence-electron chi connectivity index (χ2n) is 9.23. The van der Waals surface area contributed by atoms with Crippen molar-refractivity contribution in [2.75, 3.05) is 50.8 Å².